The Morgan fingerprint density at radius 3 is 1.33 bits per heavy atom. The number of hydrogen-bond acceptors (Lipinski definition) is 8. The van der Waals surface area contributed by atoms with E-state index in [2.05, 4.69) is 52.0 Å². The third-order valence-electron chi connectivity index (χ3n) is 8.58. The molecule has 2 aliphatic rings. The van der Waals surface area contributed by atoms with E-state index in [1.165, 1.54) is 5.56 Å². The monoisotopic (exact) mass is 626 g/mol. The molecule has 2 aliphatic heterocycles. The highest BCUT2D eigenvalue weighted by atomic mass is 17.2. The molecule has 4 aromatic carbocycles. The van der Waals surface area contributed by atoms with E-state index < -0.39 is 6.10 Å². The number of benzene rings is 4. The molecule has 0 aromatic heterocycles. The summed E-state index contributed by atoms with van der Waals surface area (Å²) < 4.78 is 27.7. The number of epoxide rings is 2. The average molecular weight is 627 g/mol. The molecule has 0 radical (unpaired) electrons. The quantitative estimate of drug-likeness (QED) is 0.0845. The highest BCUT2D eigenvalue weighted by Crippen LogP contribution is 2.35. The van der Waals surface area contributed by atoms with Gasteiger partial charge in [0.05, 0.1) is 6.61 Å². The Morgan fingerprint density at radius 1 is 0.587 bits per heavy atom. The summed E-state index contributed by atoms with van der Waals surface area (Å²) in [7, 11) is 0. The van der Waals surface area contributed by atoms with Crippen molar-refractivity contribution in [2.24, 2.45) is 0 Å². The van der Waals surface area contributed by atoms with E-state index in [1.807, 2.05) is 72.8 Å². The van der Waals surface area contributed by atoms with E-state index in [0.717, 1.165) is 29.0 Å². The van der Waals surface area contributed by atoms with Gasteiger partial charge in [0.15, 0.2) is 5.75 Å². The molecule has 2 saturated heterocycles. The lowest BCUT2D eigenvalue weighted by Crippen LogP contribution is -2.25. The minimum atomic E-state index is -0.782. The summed E-state index contributed by atoms with van der Waals surface area (Å²) >= 11 is 0. The van der Waals surface area contributed by atoms with Crippen LogP contribution in [0.25, 0.3) is 0 Å². The van der Waals surface area contributed by atoms with E-state index in [1.54, 1.807) is 0 Å². The third-order valence-corrected chi connectivity index (χ3v) is 8.58. The highest BCUT2D eigenvalue weighted by Gasteiger charge is 2.27. The van der Waals surface area contributed by atoms with Gasteiger partial charge in [-0.2, -0.15) is 4.89 Å². The first-order valence-corrected chi connectivity index (χ1v) is 15.7. The Labute approximate surface area is 270 Å². The molecular weight excluding hydrogens is 584 g/mol. The average Bonchev–Trinajstić information content (AvgIpc) is 4.01. The molecule has 1 N–H and O–H groups in total. The van der Waals surface area contributed by atoms with Gasteiger partial charge in [0.25, 0.3) is 0 Å². The van der Waals surface area contributed by atoms with Crippen LogP contribution in [0.5, 0.6) is 23.0 Å². The van der Waals surface area contributed by atoms with Crippen LogP contribution in [-0.2, 0) is 25.2 Å². The zero-order chi connectivity index (χ0) is 32.1. The Hall–Kier alpha value is -4.08. The van der Waals surface area contributed by atoms with Crippen LogP contribution in [0.3, 0.4) is 0 Å². The zero-order valence-corrected chi connectivity index (χ0v) is 26.8. The van der Waals surface area contributed by atoms with Gasteiger partial charge in [-0.05, 0) is 70.8 Å². The molecule has 3 unspecified atom stereocenters. The molecule has 2 fully saturated rings. The van der Waals surface area contributed by atoms with Crippen molar-refractivity contribution >= 4 is 0 Å². The van der Waals surface area contributed by atoms with E-state index in [9.17, 15) is 5.11 Å². The first-order valence-electron chi connectivity index (χ1n) is 15.7. The van der Waals surface area contributed by atoms with Gasteiger partial charge in [0.2, 0.25) is 6.29 Å². The SMILES string of the molecule is CC(C)(c1ccc(OCC(O)COc2ccc(C(C)(C)c3ccc(OOC4CO4)cc3)cc2)cc1)c1ccc(OCC2CO2)cc1. The van der Waals surface area contributed by atoms with Gasteiger partial charge in [-0.25, -0.2) is 0 Å². The van der Waals surface area contributed by atoms with Crippen molar-refractivity contribution in [2.75, 3.05) is 33.0 Å². The van der Waals surface area contributed by atoms with Crippen LogP contribution in [0, 0.1) is 0 Å². The Kier molecular flexibility index (Phi) is 9.52. The normalized spacial score (nSPS) is 18.0. The van der Waals surface area contributed by atoms with Crippen molar-refractivity contribution in [3.8, 4) is 23.0 Å². The molecule has 8 heteroatoms. The van der Waals surface area contributed by atoms with Gasteiger partial charge in [-0.1, -0.05) is 76.2 Å². The standard InChI is InChI=1S/C38H42O8/c1-37(2,28-9-17-33(18-10-28)42-23-35-24-43-35)26-5-13-31(14-6-26)40-21-30(39)22-41-32-15-7-27(8-16-32)38(3,4)29-11-19-34(20-12-29)45-46-36-25-44-36/h5-20,30,35-36,39H,21-25H2,1-4H3. The van der Waals surface area contributed by atoms with Gasteiger partial charge in [0.1, 0.15) is 55.9 Å². The summed E-state index contributed by atoms with van der Waals surface area (Å²) in [4.78, 5) is 10.4. The third kappa shape index (κ3) is 8.19. The lowest BCUT2D eigenvalue weighted by atomic mass is 9.78. The molecular formula is C38H42O8. The van der Waals surface area contributed by atoms with Crippen molar-refractivity contribution in [1.29, 1.82) is 0 Å². The summed E-state index contributed by atoms with van der Waals surface area (Å²) in [5.41, 5.74) is 4.19. The number of aliphatic hydroxyl groups is 1. The van der Waals surface area contributed by atoms with Gasteiger partial charge in [0, 0.05) is 10.8 Å². The van der Waals surface area contributed by atoms with Crippen molar-refractivity contribution in [3.63, 3.8) is 0 Å². The van der Waals surface area contributed by atoms with E-state index >= 15 is 0 Å². The molecule has 0 amide bonds. The summed E-state index contributed by atoms with van der Waals surface area (Å²) in [5, 5.41) is 10.5. The van der Waals surface area contributed by atoms with E-state index in [-0.39, 0.29) is 36.4 Å². The molecule has 6 rings (SSSR count). The lowest BCUT2D eigenvalue weighted by molar-refractivity contribution is -0.239. The molecule has 8 nitrogen and oxygen atoms in total. The van der Waals surface area contributed by atoms with E-state index in [0.29, 0.717) is 30.5 Å². The van der Waals surface area contributed by atoms with Crippen LogP contribution in [-0.4, -0.2) is 56.6 Å². The highest BCUT2D eigenvalue weighted by molar-refractivity contribution is 5.43. The predicted molar refractivity (Wildman–Crippen MR) is 174 cm³/mol. The second-order valence-corrected chi connectivity index (χ2v) is 12.8. The van der Waals surface area contributed by atoms with Crippen molar-refractivity contribution < 1.29 is 38.6 Å². The van der Waals surface area contributed by atoms with Gasteiger partial charge in [-0.15, -0.1) is 0 Å². The topological polar surface area (TPSA) is 91.4 Å². The summed E-state index contributed by atoms with van der Waals surface area (Å²) in [5.74, 6) is 2.86. The maximum Gasteiger partial charge on any atom is 0.226 e. The Balaban J connectivity index is 0.952. The molecule has 3 atom stereocenters. The fraction of sp³-hybridized carbons (Fsp3) is 0.368. The molecule has 0 aliphatic carbocycles. The van der Waals surface area contributed by atoms with Crippen LogP contribution < -0.4 is 19.1 Å². The fourth-order valence-electron chi connectivity index (χ4n) is 5.15. The summed E-state index contributed by atoms with van der Waals surface area (Å²) in [6.45, 7) is 10.9. The molecule has 0 bridgehead atoms. The fourth-order valence-corrected chi connectivity index (χ4v) is 5.15. The lowest BCUT2D eigenvalue weighted by Gasteiger charge is -2.26. The maximum absolute atomic E-state index is 10.5. The number of rotatable bonds is 16. The molecule has 242 valence electrons. The second kappa shape index (κ2) is 13.7. The van der Waals surface area contributed by atoms with Crippen LogP contribution in [0.2, 0.25) is 0 Å². The second-order valence-electron chi connectivity index (χ2n) is 12.8. The summed E-state index contributed by atoms with van der Waals surface area (Å²) in [6.07, 6.45) is -0.802. The van der Waals surface area contributed by atoms with Crippen LogP contribution >= 0.6 is 0 Å². The summed E-state index contributed by atoms with van der Waals surface area (Å²) in [6, 6.07) is 32.0. The number of hydrogen-bond donors (Lipinski definition) is 1. The number of aliphatic hydroxyl groups excluding tert-OH is 1. The Morgan fingerprint density at radius 2 is 0.957 bits per heavy atom. The van der Waals surface area contributed by atoms with Crippen LogP contribution in [0.15, 0.2) is 97.1 Å². The minimum Gasteiger partial charge on any atom is -0.491 e. The molecule has 0 saturated carbocycles. The van der Waals surface area contributed by atoms with Gasteiger partial charge >= 0.3 is 0 Å². The first-order chi connectivity index (χ1) is 22.2. The first kappa shape index (κ1) is 31.9. The number of ether oxygens (including phenoxy) is 5. The zero-order valence-electron chi connectivity index (χ0n) is 26.8. The molecule has 4 aromatic rings. The Bertz CT molecular complexity index is 1420. The van der Waals surface area contributed by atoms with E-state index in [4.69, 9.17) is 33.5 Å². The molecule has 46 heavy (non-hydrogen) atoms. The molecule has 0 spiro atoms. The van der Waals surface area contributed by atoms with Crippen LogP contribution in [0.4, 0.5) is 0 Å². The molecule has 2 heterocycles. The minimum absolute atomic E-state index is 0.122. The van der Waals surface area contributed by atoms with Crippen LogP contribution in [0.1, 0.15) is 49.9 Å². The van der Waals surface area contributed by atoms with Crippen molar-refractivity contribution in [3.05, 3.63) is 119 Å². The van der Waals surface area contributed by atoms with Crippen molar-refractivity contribution in [2.45, 2.75) is 57.0 Å². The smallest absolute Gasteiger partial charge is 0.226 e. The predicted octanol–water partition coefficient (Wildman–Crippen LogP) is 6.60. The maximum atomic E-state index is 10.5. The largest absolute Gasteiger partial charge is 0.491 e. The van der Waals surface area contributed by atoms with Gasteiger partial charge in [-0.3, -0.25) is 0 Å². The van der Waals surface area contributed by atoms with Crippen molar-refractivity contribution in [1.82, 2.24) is 0 Å². The van der Waals surface area contributed by atoms with Gasteiger partial charge < -0.3 is 33.7 Å².